The van der Waals surface area contributed by atoms with Crippen LogP contribution in [-0.2, 0) is 11.8 Å². The van der Waals surface area contributed by atoms with Crippen LogP contribution in [0.1, 0.15) is 17.0 Å². The second kappa shape index (κ2) is 5.74. The molecule has 0 radical (unpaired) electrons. The maximum Gasteiger partial charge on any atom is 0.270 e. The number of aryl methyl sites for hydroxylation is 1. The Morgan fingerprint density at radius 3 is 2.45 bits per heavy atom. The predicted molar refractivity (Wildman–Crippen MR) is 97.0 cm³/mol. The van der Waals surface area contributed by atoms with Gasteiger partial charge in [0.25, 0.3) is 5.91 Å². The highest BCUT2D eigenvalue weighted by molar-refractivity contribution is 8.27. The van der Waals surface area contributed by atoms with Crippen molar-refractivity contribution in [3.63, 3.8) is 0 Å². The topological polar surface area (TPSA) is 25.2 Å². The molecule has 0 saturated carbocycles. The molecule has 22 heavy (non-hydrogen) atoms. The zero-order valence-electron chi connectivity index (χ0n) is 12.7. The van der Waals surface area contributed by atoms with Crippen molar-refractivity contribution in [2.45, 2.75) is 13.8 Å². The van der Waals surface area contributed by atoms with Gasteiger partial charge in [0.15, 0.2) is 4.32 Å². The van der Waals surface area contributed by atoms with E-state index in [-0.39, 0.29) is 5.91 Å². The van der Waals surface area contributed by atoms with Gasteiger partial charge < -0.3 is 4.57 Å². The molecule has 0 spiro atoms. The molecule has 0 bridgehead atoms. The van der Waals surface area contributed by atoms with E-state index in [0.717, 1.165) is 16.9 Å². The molecule has 2 aromatic rings. The van der Waals surface area contributed by atoms with Gasteiger partial charge >= 0.3 is 0 Å². The summed E-state index contributed by atoms with van der Waals surface area (Å²) in [6.45, 7) is 4.11. The fourth-order valence-corrected chi connectivity index (χ4v) is 3.73. The minimum Gasteiger partial charge on any atom is -0.352 e. The van der Waals surface area contributed by atoms with Gasteiger partial charge in [-0.25, -0.2) is 0 Å². The summed E-state index contributed by atoms with van der Waals surface area (Å²) in [7, 11) is 2.02. The molecule has 3 nitrogen and oxygen atoms in total. The maximum atomic E-state index is 12.7. The fraction of sp³-hybridized carbons (Fsp3) is 0.176. The van der Waals surface area contributed by atoms with Crippen LogP contribution in [0.2, 0.25) is 0 Å². The van der Waals surface area contributed by atoms with Crippen LogP contribution >= 0.6 is 24.0 Å². The average molecular weight is 328 g/mol. The quantitative estimate of drug-likeness (QED) is 0.614. The van der Waals surface area contributed by atoms with Gasteiger partial charge in [0.1, 0.15) is 0 Å². The Morgan fingerprint density at radius 2 is 1.86 bits per heavy atom. The van der Waals surface area contributed by atoms with Crippen LogP contribution in [0.15, 0.2) is 41.3 Å². The van der Waals surface area contributed by atoms with E-state index in [9.17, 15) is 4.79 Å². The van der Waals surface area contributed by atoms with E-state index in [1.165, 1.54) is 17.5 Å². The van der Waals surface area contributed by atoms with E-state index in [1.54, 1.807) is 4.90 Å². The number of rotatable bonds is 2. The van der Waals surface area contributed by atoms with Crippen LogP contribution in [0.5, 0.6) is 0 Å². The van der Waals surface area contributed by atoms with Crippen molar-refractivity contribution in [1.29, 1.82) is 0 Å². The van der Waals surface area contributed by atoms with Gasteiger partial charge in [-0.05, 0) is 43.7 Å². The van der Waals surface area contributed by atoms with Crippen molar-refractivity contribution in [2.75, 3.05) is 4.90 Å². The maximum absolute atomic E-state index is 12.7. The molecule has 1 fully saturated rings. The van der Waals surface area contributed by atoms with E-state index in [2.05, 4.69) is 24.5 Å². The number of thiocarbonyl (C=S) groups is 1. The van der Waals surface area contributed by atoms with Crippen molar-refractivity contribution < 1.29 is 4.79 Å². The largest absolute Gasteiger partial charge is 0.352 e. The first kappa shape index (κ1) is 15.1. The summed E-state index contributed by atoms with van der Waals surface area (Å²) in [4.78, 5) is 14.9. The minimum atomic E-state index is -0.0536. The number of hydrogen-bond donors (Lipinski definition) is 0. The molecule has 0 atom stereocenters. The minimum absolute atomic E-state index is 0.0536. The summed E-state index contributed by atoms with van der Waals surface area (Å²) < 4.78 is 2.69. The fourth-order valence-electron chi connectivity index (χ4n) is 2.44. The predicted octanol–water partition coefficient (Wildman–Crippen LogP) is 4.05. The van der Waals surface area contributed by atoms with Crippen LogP contribution in [-0.4, -0.2) is 14.8 Å². The van der Waals surface area contributed by atoms with Gasteiger partial charge in [-0.3, -0.25) is 9.69 Å². The number of hydrogen-bond acceptors (Lipinski definition) is 3. The first-order chi connectivity index (χ1) is 10.5. The van der Waals surface area contributed by atoms with Crippen LogP contribution in [0, 0.1) is 13.8 Å². The number of aromatic nitrogens is 1. The first-order valence-electron chi connectivity index (χ1n) is 6.95. The van der Waals surface area contributed by atoms with E-state index in [0.29, 0.717) is 9.23 Å². The van der Waals surface area contributed by atoms with Crippen LogP contribution in [0.4, 0.5) is 5.69 Å². The molecular weight excluding hydrogens is 312 g/mol. The van der Waals surface area contributed by atoms with Gasteiger partial charge in [0, 0.05) is 18.4 Å². The van der Waals surface area contributed by atoms with E-state index < -0.39 is 0 Å². The number of thioether (sulfide) groups is 1. The highest BCUT2D eigenvalue weighted by Gasteiger charge is 2.33. The molecular formula is C17H16N2OS2. The van der Waals surface area contributed by atoms with E-state index in [1.807, 2.05) is 43.5 Å². The van der Waals surface area contributed by atoms with Crippen LogP contribution in [0.25, 0.3) is 6.08 Å². The summed E-state index contributed by atoms with van der Waals surface area (Å²) in [5.41, 5.74) is 4.19. The monoisotopic (exact) mass is 328 g/mol. The SMILES string of the molecule is Cc1cc(/C=C2\SC(=S)N(c3ccccc3)C2=O)c(C)n1C. The van der Waals surface area contributed by atoms with Gasteiger partial charge in [-0.2, -0.15) is 0 Å². The smallest absolute Gasteiger partial charge is 0.270 e. The lowest BCUT2D eigenvalue weighted by Gasteiger charge is -2.13. The summed E-state index contributed by atoms with van der Waals surface area (Å²) in [6, 6.07) is 11.6. The Kier molecular flexibility index (Phi) is 3.93. The number of para-hydroxylation sites is 1. The molecule has 1 aliphatic rings. The third-order valence-corrected chi connectivity index (χ3v) is 5.21. The second-order valence-corrected chi connectivity index (χ2v) is 6.91. The normalized spacial score (nSPS) is 16.9. The molecule has 1 amide bonds. The second-order valence-electron chi connectivity index (χ2n) is 5.24. The average Bonchev–Trinajstić information content (AvgIpc) is 2.92. The van der Waals surface area contributed by atoms with Crippen molar-refractivity contribution in [2.24, 2.45) is 7.05 Å². The number of benzene rings is 1. The van der Waals surface area contributed by atoms with Gasteiger partial charge in [-0.15, -0.1) is 0 Å². The molecule has 1 aromatic carbocycles. The molecule has 0 unspecified atom stereocenters. The first-order valence-corrected chi connectivity index (χ1v) is 8.17. The lowest BCUT2D eigenvalue weighted by Crippen LogP contribution is -2.27. The number of carbonyl (C=O) groups is 1. The molecule has 0 aliphatic carbocycles. The number of nitrogens with zero attached hydrogens (tertiary/aromatic N) is 2. The van der Waals surface area contributed by atoms with Gasteiger partial charge in [0.05, 0.1) is 10.6 Å². The lowest BCUT2D eigenvalue weighted by atomic mass is 10.2. The Morgan fingerprint density at radius 1 is 1.18 bits per heavy atom. The zero-order valence-corrected chi connectivity index (χ0v) is 14.3. The van der Waals surface area contributed by atoms with E-state index >= 15 is 0 Å². The van der Waals surface area contributed by atoms with Gasteiger partial charge in [-0.1, -0.05) is 42.2 Å². The third kappa shape index (κ3) is 2.51. The van der Waals surface area contributed by atoms with Crippen LogP contribution in [0.3, 0.4) is 0 Å². The Labute approximate surface area is 139 Å². The Balaban J connectivity index is 1.97. The highest BCUT2D eigenvalue weighted by atomic mass is 32.2. The van der Waals surface area contributed by atoms with Gasteiger partial charge in [0.2, 0.25) is 0 Å². The molecule has 3 rings (SSSR count). The Hall–Kier alpha value is -1.85. The summed E-state index contributed by atoms with van der Waals surface area (Å²) in [6.07, 6.45) is 1.94. The molecule has 1 aromatic heterocycles. The highest BCUT2D eigenvalue weighted by Crippen LogP contribution is 2.36. The Bertz CT molecular complexity index is 790. The van der Waals surface area contributed by atoms with E-state index in [4.69, 9.17) is 12.2 Å². The lowest BCUT2D eigenvalue weighted by molar-refractivity contribution is -0.113. The van der Waals surface area contributed by atoms with Crippen molar-refractivity contribution >= 4 is 46.0 Å². The standard InChI is InChI=1S/C17H16N2OS2/c1-11-9-13(12(2)18(11)3)10-15-16(20)19(17(21)22-15)14-7-5-4-6-8-14/h4-10H,1-3H3/b15-10-. The number of carbonyl (C=O) groups excluding carboxylic acids is 1. The zero-order chi connectivity index (χ0) is 15.9. The third-order valence-electron chi connectivity index (χ3n) is 3.91. The molecule has 2 heterocycles. The molecule has 112 valence electrons. The van der Waals surface area contributed by atoms with Crippen molar-refractivity contribution in [3.8, 4) is 0 Å². The van der Waals surface area contributed by atoms with Crippen molar-refractivity contribution in [1.82, 2.24) is 4.57 Å². The number of anilines is 1. The summed E-state index contributed by atoms with van der Waals surface area (Å²) in [5, 5.41) is 0. The molecule has 5 heteroatoms. The molecule has 1 aliphatic heterocycles. The summed E-state index contributed by atoms with van der Waals surface area (Å²) in [5.74, 6) is -0.0536. The van der Waals surface area contributed by atoms with Crippen molar-refractivity contribution in [3.05, 3.63) is 58.3 Å². The number of amides is 1. The van der Waals surface area contributed by atoms with Crippen LogP contribution < -0.4 is 4.90 Å². The molecule has 1 saturated heterocycles. The molecule has 0 N–H and O–H groups in total. The summed E-state index contributed by atoms with van der Waals surface area (Å²) >= 11 is 6.73.